The molecule has 0 saturated carbocycles. The zero-order chi connectivity index (χ0) is 10.3. The summed E-state index contributed by atoms with van der Waals surface area (Å²) < 4.78 is 0. The highest BCUT2D eigenvalue weighted by Gasteiger charge is 2.28. The van der Waals surface area contributed by atoms with Crippen LogP contribution in [0.2, 0.25) is 0 Å². The number of hydrogen-bond acceptors (Lipinski definition) is 1. The van der Waals surface area contributed by atoms with Crippen molar-refractivity contribution in [3.63, 3.8) is 0 Å². The molecule has 0 bridgehead atoms. The smallest absolute Gasteiger partial charge is 0.00436 e. The molecule has 1 atom stereocenters. The molecule has 1 aliphatic rings. The Labute approximate surface area is 84.3 Å². The highest BCUT2D eigenvalue weighted by atomic mass is 14.9. The lowest BCUT2D eigenvalue weighted by molar-refractivity contribution is 0.191. The van der Waals surface area contributed by atoms with E-state index >= 15 is 0 Å². The Morgan fingerprint density at radius 1 is 1.08 bits per heavy atom. The van der Waals surface area contributed by atoms with Crippen LogP contribution in [-0.2, 0) is 0 Å². The highest BCUT2D eigenvalue weighted by molar-refractivity contribution is 4.81. The lowest BCUT2D eigenvalue weighted by Crippen LogP contribution is -2.24. The first-order chi connectivity index (χ1) is 6.15. The van der Waals surface area contributed by atoms with Gasteiger partial charge in [0.15, 0.2) is 0 Å². The maximum Gasteiger partial charge on any atom is -0.00436 e. The van der Waals surface area contributed by atoms with E-state index in [1.165, 1.54) is 32.4 Å². The van der Waals surface area contributed by atoms with E-state index in [0.717, 1.165) is 5.92 Å². The summed E-state index contributed by atoms with van der Waals surface area (Å²) in [4.78, 5) is 0. The van der Waals surface area contributed by atoms with Crippen LogP contribution in [0.1, 0.15) is 53.9 Å². The molecule has 1 heterocycles. The van der Waals surface area contributed by atoms with Crippen molar-refractivity contribution in [2.24, 2.45) is 11.3 Å². The van der Waals surface area contributed by atoms with Crippen molar-refractivity contribution in [3.05, 3.63) is 0 Å². The summed E-state index contributed by atoms with van der Waals surface area (Å²) in [6, 6.07) is 0. The average Bonchev–Trinajstić information content (AvgIpc) is 2.35. The van der Waals surface area contributed by atoms with Crippen LogP contribution >= 0.6 is 0 Å². The van der Waals surface area contributed by atoms with Gasteiger partial charge in [-0.3, -0.25) is 0 Å². The van der Waals surface area contributed by atoms with Gasteiger partial charge in [-0.15, -0.1) is 0 Å². The zero-order valence-electron chi connectivity index (χ0n) is 10.1. The molecule has 1 aliphatic heterocycles. The van der Waals surface area contributed by atoms with Crippen molar-refractivity contribution in [3.8, 4) is 0 Å². The monoisotopic (exact) mass is 185 g/mol. The molecule has 1 unspecified atom stereocenters. The first kappa shape index (κ1) is 13.0. The quantitative estimate of drug-likeness (QED) is 0.660. The molecular formula is C12H27N. The molecule has 0 aromatic rings. The van der Waals surface area contributed by atoms with Gasteiger partial charge in [0.05, 0.1) is 0 Å². The van der Waals surface area contributed by atoms with Crippen LogP contribution in [0.3, 0.4) is 0 Å². The van der Waals surface area contributed by atoms with Crippen molar-refractivity contribution in [1.82, 2.24) is 5.32 Å². The van der Waals surface area contributed by atoms with Gasteiger partial charge in [-0.1, -0.05) is 34.6 Å². The van der Waals surface area contributed by atoms with Crippen LogP contribution < -0.4 is 5.32 Å². The predicted molar refractivity (Wildman–Crippen MR) is 61.0 cm³/mol. The number of hydrogen-bond donors (Lipinski definition) is 1. The Hall–Kier alpha value is -0.0400. The summed E-state index contributed by atoms with van der Waals surface area (Å²) in [5.74, 6) is 0.836. The molecule has 1 fully saturated rings. The minimum absolute atomic E-state index is 0.601. The van der Waals surface area contributed by atoms with E-state index in [-0.39, 0.29) is 0 Å². The molecule has 0 aliphatic carbocycles. The van der Waals surface area contributed by atoms with E-state index in [4.69, 9.17) is 0 Å². The van der Waals surface area contributed by atoms with Crippen molar-refractivity contribution in [1.29, 1.82) is 0 Å². The molecule has 1 N–H and O–H groups in total. The Morgan fingerprint density at radius 2 is 1.69 bits per heavy atom. The van der Waals surface area contributed by atoms with Crippen molar-refractivity contribution >= 4 is 0 Å². The Kier molecular flexibility index (Phi) is 6.40. The van der Waals surface area contributed by atoms with Crippen molar-refractivity contribution in [2.45, 2.75) is 53.9 Å². The second-order valence-corrected chi connectivity index (χ2v) is 4.41. The van der Waals surface area contributed by atoms with Crippen molar-refractivity contribution in [2.75, 3.05) is 13.1 Å². The zero-order valence-corrected chi connectivity index (χ0v) is 10.1. The van der Waals surface area contributed by atoms with Gasteiger partial charge in [0.1, 0.15) is 0 Å². The van der Waals surface area contributed by atoms with Gasteiger partial charge in [0.2, 0.25) is 0 Å². The van der Waals surface area contributed by atoms with E-state index in [1.54, 1.807) is 0 Å². The van der Waals surface area contributed by atoms with Crippen LogP contribution in [-0.4, -0.2) is 13.1 Å². The van der Waals surface area contributed by atoms with Crippen LogP contribution in [0.4, 0.5) is 0 Å². The molecular weight excluding hydrogens is 158 g/mol. The second-order valence-electron chi connectivity index (χ2n) is 4.41. The van der Waals surface area contributed by atoms with Gasteiger partial charge in [0.25, 0.3) is 0 Å². The van der Waals surface area contributed by atoms with E-state index in [0.29, 0.717) is 5.41 Å². The molecule has 0 aromatic carbocycles. The van der Waals surface area contributed by atoms with Crippen LogP contribution in [0.15, 0.2) is 0 Å². The first-order valence-corrected chi connectivity index (χ1v) is 5.86. The molecule has 1 heteroatoms. The largest absolute Gasteiger partial charge is 0.317 e. The van der Waals surface area contributed by atoms with Gasteiger partial charge in [0, 0.05) is 0 Å². The maximum atomic E-state index is 3.46. The molecule has 80 valence electrons. The summed E-state index contributed by atoms with van der Waals surface area (Å²) in [6.07, 6.45) is 4.11. The molecule has 13 heavy (non-hydrogen) atoms. The summed E-state index contributed by atoms with van der Waals surface area (Å²) in [7, 11) is 0. The molecule has 0 spiro atoms. The highest BCUT2D eigenvalue weighted by Crippen LogP contribution is 2.36. The van der Waals surface area contributed by atoms with Crippen molar-refractivity contribution < 1.29 is 0 Å². The van der Waals surface area contributed by atoms with Gasteiger partial charge in [-0.05, 0) is 43.7 Å². The fourth-order valence-electron chi connectivity index (χ4n) is 1.82. The topological polar surface area (TPSA) is 12.0 Å². The minimum atomic E-state index is 0.601. The third kappa shape index (κ3) is 4.12. The third-order valence-electron chi connectivity index (χ3n) is 3.37. The molecule has 0 amide bonds. The fraction of sp³-hybridized carbons (Fsp3) is 1.00. The van der Waals surface area contributed by atoms with E-state index in [9.17, 15) is 0 Å². The Bertz CT molecular complexity index is 110. The van der Waals surface area contributed by atoms with Gasteiger partial charge < -0.3 is 5.32 Å². The van der Waals surface area contributed by atoms with Gasteiger partial charge in [-0.25, -0.2) is 0 Å². The molecule has 0 radical (unpaired) electrons. The molecule has 1 nitrogen and oxygen atoms in total. The lowest BCUT2D eigenvalue weighted by Gasteiger charge is -2.32. The second kappa shape index (κ2) is 6.42. The van der Waals surface area contributed by atoms with Crippen LogP contribution in [0.5, 0.6) is 0 Å². The number of nitrogens with one attached hydrogen (secondary N) is 1. The fourth-order valence-corrected chi connectivity index (χ4v) is 1.82. The standard InChI is InChI=1S/C10H21N.C2H6/c1-9(2)10(3)5-4-7-11-8-6-10;1-2/h9,11H,4-8H2,1-3H3;1-2H3. The Morgan fingerprint density at radius 3 is 2.23 bits per heavy atom. The SMILES string of the molecule is CC.CC(C)C1(C)CCCNCC1. The summed E-state index contributed by atoms with van der Waals surface area (Å²) >= 11 is 0. The van der Waals surface area contributed by atoms with Gasteiger partial charge in [-0.2, -0.15) is 0 Å². The maximum absolute atomic E-state index is 3.46. The molecule has 1 rings (SSSR count). The summed E-state index contributed by atoms with van der Waals surface area (Å²) in [6.45, 7) is 13.6. The van der Waals surface area contributed by atoms with E-state index in [2.05, 4.69) is 26.1 Å². The number of rotatable bonds is 1. The minimum Gasteiger partial charge on any atom is -0.317 e. The van der Waals surface area contributed by atoms with E-state index in [1.807, 2.05) is 13.8 Å². The Balaban J connectivity index is 0.000000671. The summed E-state index contributed by atoms with van der Waals surface area (Å²) in [5, 5.41) is 3.46. The molecule has 0 aromatic heterocycles. The van der Waals surface area contributed by atoms with Gasteiger partial charge >= 0.3 is 0 Å². The first-order valence-electron chi connectivity index (χ1n) is 5.86. The van der Waals surface area contributed by atoms with E-state index < -0.39 is 0 Å². The average molecular weight is 185 g/mol. The van der Waals surface area contributed by atoms with Crippen LogP contribution in [0, 0.1) is 11.3 Å². The predicted octanol–water partition coefficient (Wildman–Crippen LogP) is 3.45. The third-order valence-corrected chi connectivity index (χ3v) is 3.37. The lowest BCUT2D eigenvalue weighted by atomic mass is 9.73. The normalized spacial score (nSPS) is 29.1. The van der Waals surface area contributed by atoms with Crippen LogP contribution in [0.25, 0.3) is 0 Å². The molecule has 1 saturated heterocycles. The summed E-state index contributed by atoms with van der Waals surface area (Å²) in [5.41, 5.74) is 0.601.